The standard InChI is InChI=1S/C11H8F15NO4S.2C3H8O.4ClH.2Cr.3H2O/c1-2-27(3-4(28)29)32(30,31)11(25,26)9(20,21)7(16,17)5(12,13)6(14,15)8(18,19)10(22,23)24;2*1-3(2)4;;;;;;;;;/h2-3H2,1H3,(H,28,29);2*3-4H,1-2H3;4*1H;;;3*1H2/q;;;;;;;2*+3;;;/p-6. The number of aliphatic hydroxyl groups excluding tert-OH is 2. The molecule has 0 saturated carbocycles. The van der Waals surface area contributed by atoms with E-state index in [2.05, 4.69) is 0 Å². The fraction of sp³-hybridized carbons (Fsp3) is 0.941. The van der Waals surface area contributed by atoms with E-state index in [0.29, 0.717) is 6.92 Å². The number of hydrogen-bond acceptors (Lipinski definition) is 7. The number of nitrogens with zero attached hydrogens (tertiary/aromatic N) is 1. The first kappa shape index (κ1) is 82.7. The molecule has 0 aromatic heterocycles. The summed E-state index contributed by atoms with van der Waals surface area (Å²) in [5.41, 5.74) is 0. The molecule has 0 rings (SSSR count). The summed E-state index contributed by atoms with van der Waals surface area (Å²) in [5, 5.41) is 18.7. The summed E-state index contributed by atoms with van der Waals surface area (Å²) in [5.74, 6) is -45.0. The van der Waals surface area contributed by atoms with E-state index in [4.69, 9.17) is 10.2 Å². The minimum absolute atomic E-state index is 0. The zero-order valence-corrected chi connectivity index (χ0v) is 30.8. The molecular weight excluding hydrogens is 925 g/mol. The van der Waals surface area contributed by atoms with Gasteiger partial charge < -0.3 is 86.2 Å². The normalized spacial score (nSPS) is 11.9. The maximum absolute atomic E-state index is 13.8. The van der Waals surface area contributed by atoms with Crippen molar-refractivity contribution < 1.29 is 195 Å². The predicted octanol–water partition coefficient (Wildman–Crippen LogP) is -10.3. The molecule has 0 atom stereocenters. The molecule has 0 bridgehead atoms. The molecule has 0 unspecified atom stereocenters. The molecule has 49 heavy (non-hydrogen) atoms. The summed E-state index contributed by atoms with van der Waals surface area (Å²) in [6, 6.07) is 0. The summed E-state index contributed by atoms with van der Waals surface area (Å²) < 4.78 is 217. The van der Waals surface area contributed by atoms with Crippen molar-refractivity contribution in [3.05, 3.63) is 0 Å². The second-order valence-electron chi connectivity index (χ2n) is 7.88. The number of carbonyl (C=O) groups excluding carboxylic acids is 1. The van der Waals surface area contributed by atoms with Crippen LogP contribution in [-0.2, 0) is 49.5 Å². The van der Waals surface area contributed by atoms with E-state index in [1.54, 1.807) is 27.7 Å². The molecule has 0 amide bonds. The number of sulfonamides is 1. The SMILES string of the molecule is CC(C)O.CC(C)O.CCN(CC(=O)[O-])S(=O)(=O)C(F)(F)C(F)(F)C(F)(F)C(F)(F)C(F)(F)C(F)(F)C(F)(F)F.O.O.[Cl-].[Cl-].[Cl-].[Cl-].[Cr+3].[Cr+3].[OH-]. The molecule has 0 aromatic carbocycles. The quantitative estimate of drug-likeness (QED) is 0.202. The Morgan fingerprint density at radius 1 is 0.633 bits per heavy atom. The van der Waals surface area contributed by atoms with Crippen molar-refractivity contribution in [2.45, 2.75) is 87.9 Å². The average Bonchev–Trinajstić information content (AvgIpc) is 2.69. The molecule has 0 fully saturated rings. The van der Waals surface area contributed by atoms with Gasteiger partial charge in [0.2, 0.25) is 0 Å². The fourth-order valence-electron chi connectivity index (χ4n) is 1.79. The van der Waals surface area contributed by atoms with E-state index in [0.717, 1.165) is 0 Å². The van der Waals surface area contributed by atoms with E-state index >= 15 is 0 Å². The van der Waals surface area contributed by atoms with Crippen LogP contribution in [0.1, 0.15) is 34.6 Å². The number of carbonyl (C=O) groups is 1. The smallest absolute Gasteiger partial charge is 1.00 e. The summed E-state index contributed by atoms with van der Waals surface area (Å²) >= 11 is 0. The van der Waals surface area contributed by atoms with E-state index in [1.165, 1.54) is 0 Å². The van der Waals surface area contributed by atoms with Crippen molar-refractivity contribution in [2.24, 2.45) is 0 Å². The van der Waals surface area contributed by atoms with Gasteiger partial charge in [-0.3, -0.25) is 0 Å². The van der Waals surface area contributed by atoms with Crippen LogP contribution in [0.15, 0.2) is 0 Å². The Balaban J connectivity index is -0.0000000724. The van der Waals surface area contributed by atoms with Gasteiger partial charge in [-0.1, -0.05) is 6.92 Å². The van der Waals surface area contributed by atoms with E-state index in [1.807, 2.05) is 0 Å². The van der Waals surface area contributed by atoms with Gasteiger partial charge in [0.05, 0.1) is 12.5 Å². The molecule has 0 aliphatic rings. The van der Waals surface area contributed by atoms with Gasteiger partial charge >= 0.3 is 75.8 Å². The number of likely N-dealkylation sites (N-methyl/N-ethyl adjacent to an activating group) is 1. The number of rotatable bonds is 10. The minimum atomic E-state index is -8.66. The minimum Gasteiger partial charge on any atom is -1.00 e. The topological polar surface area (TPSA) is 211 Å². The number of carboxylic acids is 1. The maximum atomic E-state index is 13.8. The van der Waals surface area contributed by atoms with Gasteiger partial charge in [0.25, 0.3) is 10.0 Å². The first-order chi connectivity index (χ1) is 17.1. The third-order valence-electron chi connectivity index (χ3n) is 3.62. The zero-order chi connectivity index (χ0) is 33.7. The third kappa shape index (κ3) is 18.3. The summed E-state index contributed by atoms with van der Waals surface area (Å²) in [4.78, 5) is 10.3. The molecule has 0 aliphatic heterocycles. The van der Waals surface area contributed by atoms with Crippen LogP contribution in [0.3, 0.4) is 0 Å². The van der Waals surface area contributed by atoms with Gasteiger partial charge in [0, 0.05) is 18.8 Å². The molecule has 32 heteroatoms. The largest absolute Gasteiger partial charge is 3.00 e. The van der Waals surface area contributed by atoms with Crippen LogP contribution >= 0.6 is 0 Å². The van der Waals surface area contributed by atoms with Crippen LogP contribution in [0.4, 0.5) is 65.9 Å². The number of aliphatic hydroxyl groups is 2. The molecule has 2 radical (unpaired) electrons. The van der Waals surface area contributed by atoms with Crippen LogP contribution in [0.5, 0.6) is 0 Å². The molecule has 0 aromatic rings. The molecular formula is C17H28Cl4Cr2F15NO9S. The van der Waals surface area contributed by atoms with Crippen molar-refractivity contribution in [1.82, 2.24) is 4.31 Å². The van der Waals surface area contributed by atoms with Crippen LogP contribution in [0.2, 0.25) is 0 Å². The summed E-state index contributed by atoms with van der Waals surface area (Å²) in [6.07, 6.45) is -8.13. The van der Waals surface area contributed by atoms with Crippen molar-refractivity contribution >= 4 is 16.0 Å². The monoisotopic (exact) mass is 951 g/mol. The van der Waals surface area contributed by atoms with Crippen LogP contribution < -0.4 is 54.7 Å². The Kier molecular flexibility index (Phi) is 47.1. The van der Waals surface area contributed by atoms with Crippen molar-refractivity contribution in [2.75, 3.05) is 13.1 Å². The molecule has 0 saturated heterocycles. The Morgan fingerprint density at radius 3 is 1.02 bits per heavy atom. The van der Waals surface area contributed by atoms with Gasteiger partial charge in [0.1, 0.15) is 0 Å². The molecule has 0 spiro atoms. The molecule has 0 heterocycles. The van der Waals surface area contributed by atoms with E-state index in [9.17, 15) is 84.2 Å². The number of aliphatic carboxylic acids is 1. The van der Waals surface area contributed by atoms with Gasteiger partial charge in [-0.05, 0) is 27.7 Å². The van der Waals surface area contributed by atoms with Crippen LogP contribution in [-0.4, -0.2) is 112 Å². The molecule has 306 valence electrons. The maximum Gasteiger partial charge on any atom is 3.00 e. The van der Waals surface area contributed by atoms with E-state index < -0.39 is 74.4 Å². The van der Waals surface area contributed by atoms with Gasteiger partial charge in [-0.15, -0.1) is 0 Å². The van der Waals surface area contributed by atoms with Crippen molar-refractivity contribution in [3.63, 3.8) is 0 Å². The second kappa shape index (κ2) is 27.9. The zero-order valence-electron chi connectivity index (χ0n) is 24.4. The van der Waals surface area contributed by atoms with Gasteiger partial charge in [-0.2, -0.15) is 70.2 Å². The first-order valence-corrected chi connectivity index (χ1v) is 11.4. The summed E-state index contributed by atoms with van der Waals surface area (Å²) in [6.45, 7) is 3.42. The number of alkyl halides is 15. The Labute approximate surface area is 315 Å². The predicted molar refractivity (Wildman–Crippen MR) is 111 cm³/mol. The fourth-order valence-corrected chi connectivity index (χ4v) is 3.18. The number of halogens is 19. The molecule has 0 aliphatic carbocycles. The van der Waals surface area contributed by atoms with Crippen molar-refractivity contribution in [3.8, 4) is 0 Å². The first-order valence-electron chi connectivity index (χ1n) is 9.98. The third-order valence-corrected chi connectivity index (χ3v) is 5.59. The second-order valence-corrected chi connectivity index (χ2v) is 9.86. The summed E-state index contributed by atoms with van der Waals surface area (Å²) in [7, 11) is -7.50. The number of hydrogen-bond donors (Lipinski definition) is 2. The Hall–Kier alpha value is 0.355. The van der Waals surface area contributed by atoms with Crippen LogP contribution in [0.25, 0.3) is 0 Å². The van der Waals surface area contributed by atoms with Crippen LogP contribution in [0, 0.1) is 0 Å². The molecule has 10 nitrogen and oxygen atoms in total. The molecule has 7 N–H and O–H groups in total. The average molecular weight is 953 g/mol. The Bertz CT molecular complexity index is 948. The van der Waals surface area contributed by atoms with Gasteiger partial charge in [-0.25, -0.2) is 8.42 Å². The number of carboxylic acid groups (broad SMARTS) is 1. The Morgan fingerprint density at radius 2 is 0.837 bits per heavy atom. The van der Waals surface area contributed by atoms with Gasteiger partial charge in [0.15, 0.2) is 0 Å². The van der Waals surface area contributed by atoms with E-state index in [-0.39, 0.29) is 113 Å². The van der Waals surface area contributed by atoms with Crippen molar-refractivity contribution in [1.29, 1.82) is 0 Å².